The lowest BCUT2D eigenvalue weighted by Crippen LogP contribution is -2.58. The standard InChI is InChI=1S/C31H45N3O5S/c1-20-12-11-13-24(21(20)2)26(27(35)32-22-14-16-23(38-9)17-15-22)34(30(3,4)5)28(36)25(18-19-40-10)33-29(37)39-31(6,7)8/h11-17,25-26H,18-19H2,1-10H3,(H,32,35)(H,33,37). The summed E-state index contributed by atoms with van der Waals surface area (Å²) in [5.41, 5.74) is 1.72. The second-order valence-corrected chi connectivity index (χ2v) is 12.8. The van der Waals surface area contributed by atoms with E-state index in [9.17, 15) is 14.4 Å². The average molecular weight is 572 g/mol. The fourth-order valence-electron chi connectivity index (χ4n) is 4.31. The molecule has 0 aromatic heterocycles. The van der Waals surface area contributed by atoms with Gasteiger partial charge in [0.15, 0.2) is 0 Å². The zero-order chi connectivity index (χ0) is 30.3. The van der Waals surface area contributed by atoms with Crippen LogP contribution in [0.5, 0.6) is 5.75 Å². The number of aryl methyl sites for hydroxylation is 1. The second-order valence-electron chi connectivity index (χ2n) is 11.8. The topological polar surface area (TPSA) is 97.0 Å². The van der Waals surface area contributed by atoms with E-state index in [1.165, 1.54) is 0 Å². The Labute approximate surface area is 243 Å². The first-order valence-corrected chi connectivity index (χ1v) is 14.8. The van der Waals surface area contributed by atoms with Crippen molar-refractivity contribution < 1.29 is 23.9 Å². The molecule has 0 aliphatic carbocycles. The van der Waals surface area contributed by atoms with Crippen molar-refractivity contribution >= 4 is 35.4 Å². The Bertz CT molecular complexity index is 1170. The average Bonchev–Trinajstić information content (AvgIpc) is 2.85. The van der Waals surface area contributed by atoms with Gasteiger partial charge in [0.1, 0.15) is 23.4 Å². The van der Waals surface area contributed by atoms with Crippen molar-refractivity contribution in [2.45, 2.75) is 85.0 Å². The van der Waals surface area contributed by atoms with E-state index in [2.05, 4.69) is 10.6 Å². The van der Waals surface area contributed by atoms with Gasteiger partial charge in [0.05, 0.1) is 7.11 Å². The Morgan fingerprint density at radius 1 is 0.975 bits per heavy atom. The van der Waals surface area contributed by atoms with E-state index < -0.39 is 29.3 Å². The summed E-state index contributed by atoms with van der Waals surface area (Å²) >= 11 is 1.57. The summed E-state index contributed by atoms with van der Waals surface area (Å²) in [5.74, 6) is 0.586. The van der Waals surface area contributed by atoms with Gasteiger partial charge >= 0.3 is 6.09 Å². The van der Waals surface area contributed by atoms with Crippen LogP contribution >= 0.6 is 11.8 Å². The van der Waals surface area contributed by atoms with Gasteiger partial charge in [-0.1, -0.05) is 18.2 Å². The highest BCUT2D eigenvalue weighted by atomic mass is 32.2. The molecule has 2 aromatic rings. The van der Waals surface area contributed by atoms with Gasteiger partial charge in [-0.15, -0.1) is 0 Å². The molecule has 2 atom stereocenters. The van der Waals surface area contributed by atoms with Crippen LogP contribution in [0.15, 0.2) is 42.5 Å². The number of alkyl carbamates (subject to hydrolysis) is 1. The lowest BCUT2D eigenvalue weighted by atomic mass is 9.91. The fourth-order valence-corrected chi connectivity index (χ4v) is 4.78. The van der Waals surface area contributed by atoms with E-state index in [4.69, 9.17) is 9.47 Å². The first-order valence-electron chi connectivity index (χ1n) is 13.4. The Hall–Kier alpha value is -3.20. The molecule has 0 spiro atoms. The second kappa shape index (κ2) is 13.9. The summed E-state index contributed by atoms with van der Waals surface area (Å²) < 4.78 is 10.7. The number of ether oxygens (including phenoxy) is 2. The predicted molar refractivity (Wildman–Crippen MR) is 163 cm³/mol. The zero-order valence-corrected chi connectivity index (χ0v) is 26.3. The molecule has 0 saturated carbocycles. The molecule has 40 heavy (non-hydrogen) atoms. The summed E-state index contributed by atoms with van der Waals surface area (Å²) in [5, 5.41) is 5.78. The smallest absolute Gasteiger partial charge is 0.408 e. The third-order valence-corrected chi connectivity index (χ3v) is 7.01. The minimum atomic E-state index is -0.966. The highest BCUT2D eigenvalue weighted by Gasteiger charge is 2.42. The molecule has 0 fully saturated rings. The third-order valence-electron chi connectivity index (χ3n) is 6.37. The van der Waals surface area contributed by atoms with Gasteiger partial charge in [0.25, 0.3) is 5.91 Å². The molecule has 0 radical (unpaired) electrons. The highest BCUT2D eigenvalue weighted by Crippen LogP contribution is 2.34. The van der Waals surface area contributed by atoms with Crippen molar-refractivity contribution in [1.82, 2.24) is 10.2 Å². The number of carbonyl (C=O) groups excluding carboxylic acids is 3. The van der Waals surface area contributed by atoms with Crippen LogP contribution in [0.2, 0.25) is 0 Å². The van der Waals surface area contributed by atoms with Crippen LogP contribution < -0.4 is 15.4 Å². The predicted octanol–water partition coefficient (Wildman–Crippen LogP) is 6.27. The highest BCUT2D eigenvalue weighted by molar-refractivity contribution is 7.98. The molecule has 0 saturated heterocycles. The maximum absolute atomic E-state index is 14.4. The largest absolute Gasteiger partial charge is 0.497 e. The SMILES string of the molecule is COc1ccc(NC(=O)C(c2cccc(C)c2C)N(C(=O)C(CCSC)NC(=O)OC(C)(C)C)C(C)(C)C)cc1. The molecule has 0 heterocycles. The maximum atomic E-state index is 14.4. The number of hydrogen-bond donors (Lipinski definition) is 2. The zero-order valence-electron chi connectivity index (χ0n) is 25.5. The van der Waals surface area contributed by atoms with Crippen LogP contribution in [-0.2, 0) is 14.3 Å². The number of methoxy groups -OCH3 is 1. The molecule has 220 valence electrons. The van der Waals surface area contributed by atoms with E-state index in [-0.39, 0.29) is 11.8 Å². The van der Waals surface area contributed by atoms with Crippen molar-refractivity contribution in [1.29, 1.82) is 0 Å². The molecule has 0 bridgehead atoms. The van der Waals surface area contributed by atoms with E-state index >= 15 is 0 Å². The molecule has 0 aliphatic rings. The molecular weight excluding hydrogens is 526 g/mol. The number of thioether (sulfide) groups is 1. The molecule has 2 rings (SSSR count). The Kier molecular flexibility index (Phi) is 11.5. The van der Waals surface area contributed by atoms with Crippen LogP contribution in [0.4, 0.5) is 10.5 Å². The fraction of sp³-hybridized carbons (Fsp3) is 0.516. The van der Waals surface area contributed by atoms with Crippen molar-refractivity contribution in [2.24, 2.45) is 0 Å². The number of anilines is 1. The molecule has 0 aliphatic heterocycles. The van der Waals surface area contributed by atoms with Crippen LogP contribution in [0.1, 0.15) is 70.7 Å². The lowest BCUT2D eigenvalue weighted by Gasteiger charge is -2.43. The summed E-state index contributed by atoms with van der Waals surface area (Å²) in [6.07, 6.45) is 1.65. The molecule has 9 heteroatoms. The van der Waals surface area contributed by atoms with Crippen molar-refractivity contribution in [3.8, 4) is 5.75 Å². The Balaban J connectivity index is 2.61. The van der Waals surface area contributed by atoms with Gasteiger partial charge in [-0.05, 0) is 115 Å². The minimum Gasteiger partial charge on any atom is -0.497 e. The van der Waals surface area contributed by atoms with Crippen molar-refractivity contribution in [3.63, 3.8) is 0 Å². The molecule has 2 aromatic carbocycles. The maximum Gasteiger partial charge on any atom is 0.408 e. The van der Waals surface area contributed by atoms with E-state index in [0.29, 0.717) is 23.6 Å². The number of amides is 3. The monoisotopic (exact) mass is 571 g/mol. The number of nitrogens with one attached hydrogen (secondary N) is 2. The first-order chi connectivity index (χ1) is 18.6. The lowest BCUT2D eigenvalue weighted by molar-refractivity contribution is -0.146. The van der Waals surface area contributed by atoms with Crippen LogP contribution in [0.3, 0.4) is 0 Å². The van der Waals surface area contributed by atoms with E-state index in [1.807, 2.05) is 59.1 Å². The summed E-state index contributed by atoms with van der Waals surface area (Å²) in [6, 6.07) is 10.9. The first kappa shape index (κ1) is 33.0. The molecule has 2 N–H and O–H groups in total. The van der Waals surface area contributed by atoms with Gasteiger partial charge in [0, 0.05) is 11.2 Å². The normalized spacial score (nSPS) is 13.2. The van der Waals surface area contributed by atoms with Gasteiger partial charge < -0.3 is 25.0 Å². The van der Waals surface area contributed by atoms with Crippen LogP contribution in [0, 0.1) is 13.8 Å². The summed E-state index contributed by atoms with van der Waals surface area (Å²) in [6.45, 7) is 14.9. The van der Waals surface area contributed by atoms with E-state index in [0.717, 1.165) is 16.7 Å². The van der Waals surface area contributed by atoms with Gasteiger partial charge in [0.2, 0.25) is 5.91 Å². The molecule has 2 unspecified atom stereocenters. The van der Waals surface area contributed by atoms with Gasteiger partial charge in [-0.3, -0.25) is 9.59 Å². The number of benzene rings is 2. The number of rotatable bonds is 10. The van der Waals surface area contributed by atoms with E-state index in [1.54, 1.807) is 68.8 Å². The molecular formula is C31H45N3O5S. The summed E-state index contributed by atoms with van der Waals surface area (Å²) in [4.78, 5) is 42.9. The van der Waals surface area contributed by atoms with Crippen LogP contribution in [0.25, 0.3) is 0 Å². The molecule has 8 nitrogen and oxygen atoms in total. The number of nitrogens with zero attached hydrogens (tertiary/aromatic N) is 1. The minimum absolute atomic E-state index is 0.358. The Morgan fingerprint density at radius 2 is 1.60 bits per heavy atom. The van der Waals surface area contributed by atoms with Crippen LogP contribution in [-0.4, -0.2) is 59.1 Å². The summed E-state index contributed by atoms with van der Waals surface area (Å²) in [7, 11) is 1.58. The van der Waals surface area contributed by atoms with Crippen molar-refractivity contribution in [2.75, 3.05) is 24.4 Å². The quantitative estimate of drug-likeness (QED) is 0.349. The molecule has 3 amide bonds. The number of carbonyl (C=O) groups is 3. The Morgan fingerprint density at radius 3 is 2.12 bits per heavy atom. The van der Waals surface area contributed by atoms with Crippen molar-refractivity contribution in [3.05, 3.63) is 59.2 Å². The number of hydrogen-bond acceptors (Lipinski definition) is 6. The van der Waals surface area contributed by atoms with Gasteiger partial charge in [-0.2, -0.15) is 11.8 Å². The van der Waals surface area contributed by atoms with Gasteiger partial charge in [-0.25, -0.2) is 4.79 Å². The third kappa shape index (κ3) is 9.18.